The molecule has 2 heteroatoms. The molecule has 0 spiro atoms. The summed E-state index contributed by atoms with van der Waals surface area (Å²) in [5.74, 6) is -0.846. The average Bonchev–Trinajstić information content (AvgIpc) is 2.63. The normalized spacial score (nSPS) is 17.9. The molecule has 2 aromatic carbocycles. The summed E-state index contributed by atoms with van der Waals surface area (Å²) in [5, 5.41) is 9.34. The number of hydrogen-bond acceptors (Lipinski definition) is 1. The van der Waals surface area contributed by atoms with Crippen molar-refractivity contribution in [2.75, 3.05) is 0 Å². The lowest BCUT2D eigenvalue weighted by atomic mass is 9.62. The molecule has 28 heavy (non-hydrogen) atoms. The Morgan fingerprint density at radius 3 is 2.21 bits per heavy atom. The third-order valence-electron chi connectivity index (χ3n) is 6.39. The quantitative estimate of drug-likeness (QED) is 0.590. The number of benzene rings is 2. The fraction of sp³-hybridized carbons (Fsp3) is 0.423. The summed E-state index contributed by atoms with van der Waals surface area (Å²) in [7, 11) is 0. The molecule has 0 aliphatic heterocycles. The van der Waals surface area contributed by atoms with E-state index in [1.54, 1.807) is 6.08 Å². The summed E-state index contributed by atoms with van der Waals surface area (Å²) in [6, 6.07) is 13.0. The number of aliphatic carboxylic acids is 1. The van der Waals surface area contributed by atoms with E-state index >= 15 is 0 Å². The van der Waals surface area contributed by atoms with E-state index in [0.29, 0.717) is 12.0 Å². The van der Waals surface area contributed by atoms with Crippen molar-refractivity contribution in [3.8, 4) is 11.1 Å². The van der Waals surface area contributed by atoms with Crippen LogP contribution in [-0.2, 0) is 15.6 Å². The van der Waals surface area contributed by atoms with Gasteiger partial charge in [-0.25, -0.2) is 4.79 Å². The minimum absolute atomic E-state index is 0.170. The Morgan fingerprint density at radius 1 is 1.04 bits per heavy atom. The summed E-state index contributed by atoms with van der Waals surface area (Å²) < 4.78 is 0. The zero-order chi connectivity index (χ0) is 20.7. The Hall–Kier alpha value is -2.35. The van der Waals surface area contributed by atoms with Crippen LogP contribution >= 0.6 is 0 Å². The zero-order valence-corrected chi connectivity index (χ0v) is 18.0. The van der Waals surface area contributed by atoms with Gasteiger partial charge in [-0.1, -0.05) is 65.0 Å². The number of fused-ring (bicyclic) bond motifs is 1. The van der Waals surface area contributed by atoms with Crippen molar-refractivity contribution < 1.29 is 9.90 Å². The molecule has 0 aromatic heterocycles. The number of carbonyl (C=O) groups is 1. The topological polar surface area (TPSA) is 37.3 Å². The standard InChI is InChI=1S/C26H32O2/c1-7-19(24(27)28)14-18-9-8-10-20(15-18)21-16-23-22(13-17(21)2)25(3,4)11-12-26(23,5)6/h8-10,13-16H,7,11-12H2,1-6H3,(H,27,28). The summed E-state index contributed by atoms with van der Waals surface area (Å²) in [5.41, 5.74) is 8.34. The molecule has 0 amide bonds. The summed E-state index contributed by atoms with van der Waals surface area (Å²) in [6.07, 6.45) is 4.70. The molecule has 0 heterocycles. The molecule has 2 nitrogen and oxygen atoms in total. The maximum absolute atomic E-state index is 11.4. The number of rotatable bonds is 4. The van der Waals surface area contributed by atoms with Gasteiger partial charge in [0.2, 0.25) is 0 Å². The van der Waals surface area contributed by atoms with Crippen LogP contribution in [0.15, 0.2) is 42.0 Å². The maximum atomic E-state index is 11.4. The van der Waals surface area contributed by atoms with Crippen LogP contribution in [0.1, 0.15) is 76.1 Å². The van der Waals surface area contributed by atoms with Crippen LogP contribution in [0, 0.1) is 6.92 Å². The van der Waals surface area contributed by atoms with Crippen molar-refractivity contribution in [1.82, 2.24) is 0 Å². The van der Waals surface area contributed by atoms with E-state index < -0.39 is 5.97 Å². The maximum Gasteiger partial charge on any atom is 0.331 e. The van der Waals surface area contributed by atoms with Gasteiger partial charge < -0.3 is 5.11 Å². The van der Waals surface area contributed by atoms with E-state index in [-0.39, 0.29) is 10.8 Å². The number of hydrogen-bond donors (Lipinski definition) is 1. The molecular weight excluding hydrogens is 344 g/mol. The molecule has 0 radical (unpaired) electrons. The zero-order valence-electron chi connectivity index (χ0n) is 18.0. The van der Waals surface area contributed by atoms with Crippen LogP contribution < -0.4 is 0 Å². The van der Waals surface area contributed by atoms with Crippen molar-refractivity contribution >= 4 is 12.0 Å². The van der Waals surface area contributed by atoms with Gasteiger partial charge in [-0.15, -0.1) is 0 Å². The second-order valence-corrected chi connectivity index (χ2v) is 9.43. The molecule has 0 bridgehead atoms. The summed E-state index contributed by atoms with van der Waals surface area (Å²) in [4.78, 5) is 11.4. The van der Waals surface area contributed by atoms with Crippen molar-refractivity contribution in [3.63, 3.8) is 0 Å². The van der Waals surface area contributed by atoms with Crippen molar-refractivity contribution in [2.45, 2.75) is 71.6 Å². The van der Waals surface area contributed by atoms with Gasteiger partial charge in [0.05, 0.1) is 0 Å². The van der Waals surface area contributed by atoms with Crippen LogP contribution in [-0.4, -0.2) is 11.1 Å². The van der Waals surface area contributed by atoms with E-state index in [1.807, 2.05) is 19.1 Å². The third kappa shape index (κ3) is 3.78. The lowest BCUT2D eigenvalue weighted by Gasteiger charge is -2.42. The first-order chi connectivity index (χ1) is 13.0. The third-order valence-corrected chi connectivity index (χ3v) is 6.39. The van der Waals surface area contributed by atoms with Crippen molar-refractivity contribution in [3.05, 3.63) is 64.2 Å². The highest BCUT2D eigenvalue weighted by atomic mass is 16.4. The van der Waals surface area contributed by atoms with Gasteiger partial charge in [-0.2, -0.15) is 0 Å². The van der Waals surface area contributed by atoms with Gasteiger partial charge in [0.15, 0.2) is 0 Å². The molecule has 2 aromatic rings. The molecule has 3 rings (SSSR count). The van der Waals surface area contributed by atoms with Gasteiger partial charge in [0.25, 0.3) is 0 Å². The molecule has 0 fully saturated rings. The molecule has 0 saturated heterocycles. The Morgan fingerprint density at radius 2 is 1.64 bits per heavy atom. The minimum Gasteiger partial charge on any atom is -0.478 e. The minimum atomic E-state index is -0.846. The van der Waals surface area contributed by atoms with E-state index in [4.69, 9.17) is 0 Å². The first kappa shape index (κ1) is 20.4. The molecule has 1 aliphatic rings. The Bertz CT molecular complexity index is 945. The monoisotopic (exact) mass is 376 g/mol. The van der Waals surface area contributed by atoms with Gasteiger partial charge in [-0.3, -0.25) is 0 Å². The van der Waals surface area contributed by atoms with E-state index in [1.165, 1.54) is 35.1 Å². The van der Waals surface area contributed by atoms with Crippen LogP contribution in [0.25, 0.3) is 17.2 Å². The predicted octanol–water partition coefficient (Wildman–Crippen LogP) is 6.89. The molecule has 0 unspecified atom stereocenters. The van der Waals surface area contributed by atoms with Crippen LogP contribution in [0.4, 0.5) is 0 Å². The van der Waals surface area contributed by atoms with E-state index in [0.717, 1.165) is 11.1 Å². The van der Waals surface area contributed by atoms with Crippen molar-refractivity contribution in [1.29, 1.82) is 0 Å². The molecule has 0 saturated carbocycles. The second-order valence-electron chi connectivity index (χ2n) is 9.43. The Kier molecular flexibility index (Phi) is 5.27. The van der Waals surface area contributed by atoms with Crippen LogP contribution in [0.3, 0.4) is 0 Å². The SMILES string of the molecule is CCC(=Cc1cccc(-c2cc3c(cc2C)C(C)(C)CCC3(C)C)c1)C(=O)O. The number of aryl methyl sites for hydroxylation is 1. The number of carboxylic acids is 1. The van der Waals surface area contributed by atoms with Gasteiger partial charge in [0.1, 0.15) is 0 Å². The Balaban J connectivity index is 2.13. The first-order valence-electron chi connectivity index (χ1n) is 10.2. The second kappa shape index (κ2) is 7.24. The van der Waals surface area contributed by atoms with Gasteiger partial charge in [0, 0.05) is 5.57 Å². The largest absolute Gasteiger partial charge is 0.478 e. The van der Waals surface area contributed by atoms with Gasteiger partial charge >= 0.3 is 5.97 Å². The molecule has 0 atom stereocenters. The van der Waals surface area contributed by atoms with Gasteiger partial charge in [-0.05, 0) is 82.5 Å². The highest BCUT2D eigenvalue weighted by molar-refractivity contribution is 5.92. The smallest absolute Gasteiger partial charge is 0.331 e. The lowest BCUT2D eigenvalue weighted by Crippen LogP contribution is -2.34. The van der Waals surface area contributed by atoms with E-state index in [2.05, 4.69) is 58.9 Å². The molecule has 1 aliphatic carbocycles. The summed E-state index contributed by atoms with van der Waals surface area (Å²) >= 11 is 0. The number of carboxylic acid groups (broad SMARTS) is 1. The average molecular weight is 377 g/mol. The fourth-order valence-electron chi connectivity index (χ4n) is 4.35. The molecular formula is C26H32O2. The fourth-order valence-corrected chi connectivity index (χ4v) is 4.35. The Labute approximate surface area is 169 Å². The first-order valence-corrected chi connectivity index (χ1v) is 10.2. The molecule has 148 valence electrons. The summed E-state index contributed by atoms with van der Waals surface area (Å²) in [6.45, 7) is 13.5. The van der Waals surface area contributed by atoms with Crippen molar-refractivity contribution in [2.24, 2.45) is 0 Å². The van der Waals surface area contributed by atoms with E-state index in [9.17, 15) is 9.90 Å². The van der Waals surface area contributed by atoms with Crippen LogP contribution in [0.5, 0.6) is 0 Å². The lowest BCUT2D eigenvalue weighted by molar-refractivity contribution is -0.132. The molecule has 1 N–H and O–H groups in total. The highest BCUT2D eigenvalue weighted by Gasteiger charge is 2.37. The highest BCUT2D eigenvalue weighted by Crippen LogP contribution is 2.47. The predicted molar refractivity (Wildman–Crippen MR) is 118 cm³/mol. The van der Waals surface area contributed by atoms with Crippen LogP contribution in [0.2, 0.25) is 0 Å².